The first-order chi connectivity index (χ1) is 17.4. The number of benzene rings is 2. The van der Waals surface area contributed by atoms with Crippen LogP contribution in [0, 0.1) is 0 Å². The van der Waals surface area contributed by atoms with Crippen LogP contribution in [0.3, 0.4) is 0 Å². The number of hydrogen-bond acceptors (Lipinski definition) is 5. The number of aliphatic hydroxyl groups is 1. The van der Waals surface area contributed by atoms with Gasteiger partial charge >= 0.3 is 0 Å². The number of rotatable bonds is 7. The Morgan fingerprint density at radius 3 is 2.69 bits per heavy atom. The lowest BCUT2D eigenvalue weighted by molar-refractivity contribution is -0.139. The fourth-order valence-corrected chi connectivity index (χ4v) is 5.86. The molecular weight excluding hydrogens is 496 g/mol. The lowest BCUT2D eigenvalue weighted by atomic mass is 9.99. The molecule has 1 N–H and O–H groups in total. The predicted octanol–water partition coefficient (Wildman–Crippen LogP) is 5.96. The highest BCUT2D eigenvalue weighted by atomic mass is 35.5. The molecule has 1 unspecified atom stereocenters. The van der Waals surface area contributed by atoms with E-state index in [4.69, 9.17) is 16.3 Å². The Balaban J connectivity index is 1.56. The molecule has 0 saturated carbocycles. The Bertz CT molecular complexity index is 1490. The van der Waals surface area contributed by atoms with Crippen LogP contribution in [0.25, 0.3) is 16.7 Å². The van der Waals surface area contributed by atoms with Crippen molar-refractivity contribution >= 4 is 51.3 Å². The summed E-state index contributed by atoms with van der Waals surface area (Å²) in [5.74, 6) is -1.14. The molecule has 0 aliphatic carbocycles. The molecule has 36 heavy (non-hydrogen) atoms. The third-order valence-corrected chi connectivity index (χ3v) is 7.71. The highest BCUT2D eigenvalue weighted by molar-refractivity contribution is 7.10. The van der Waals surface area contributed by atoms with Crippen LogP contribution < -0.4 is 4.74 Å². The van der Waals surface area contributed by atoms with Crippen LogP contribution in [-0.2, 0) is 23.1 Å². The van der Waals surface area contributed by atoms with Gasteiger partial charge in [-0.3, -0.25) is 9.59 Å². The maximum atomic E-state index is 13.3. The second-order valence-corrected chi connectivity index (χ2v) is 10.0. The number of nitrogens with zero attached hydrogens (tertiary/aromatic N) is 2. The van der Waals surface area contributed by atoms with E-state index in [9.17, 15) is 14.7 Å². The Morgan fingerprint density at radius 2 is 1.94 bits per heavy atom. The van der Waals surface area contributed by atoms with Crippen molar-refractivity contribution in [1.82, 2.24) is 9.47 Å². The van der Waals surface area contributed by atoms with Crippen LogP contribution in [0.15, 0.2) is 71.7 Å². The monoisotopic (exact) mass is 520 g/mol. The molecule has 1 amide bonds. The largest absolute Gasteiger partial charge is 0.507 e. The van der Waals surface area contributed by atoms with Crippen molar-refractivity contribution in [2.45, 2.75) is 19.4 Å². The van der Waals surface area contributed by atoms with Crippen molar-refractivity contribution in [2.24, 2.45) is 7.05 Å². The molecule has 3 heterocycles. The standard InChI is InChI=1S/C28H25ClN2O4S/c1-3-35-18-10-11-21(29)20(15-18)26(32)24-25(23-9-6-14-36-23)31(28(34)27(24)33)13-12-17-16-30(2)22-8-5-4-7-19(17)22/h4-11,14-16,25,32H,3,12-13H2,1-2H3/b26-24-. The Labute approximate surface area is 218 Å². The molecular formula is C28H25ClN2O4S. The number of fused-ring (bicyclic) bond motifs is 1. The van der Waals surface area contributed by atoms with E-state index in [0.29, 0.717) is 25.3 Å². The second kappa shape index (κ2) is 9.84. The van der Waals surface area contributed by atoms with Crippen molar-refractivity contribution in [3.63, 3.8) is 0 Å². The number of likely N-dealkylation sites (tertiary alicyclic amines) is 1. The number of aliphatic hydroxyl groups excluding tert-OH is 1. The number of carbonyl (C=O) groups is 2. The summed E-state index contributed by atoms with van der Waals surface area (Å²) < 4.78 is 7.61. The van der Waals surface area contributed by atoms with E-state index in [1.54, 1.807) is 23.1 Å². The molecule has 6 nitrogen and oxygen atoms in total. The molecule has 2 aromatic heterocycles. The number of ketones is 1. The number of thiophene rings is 1. The minimum atomic E-state index is -0.721. The van der Waals surface area contributed by atoms with Gasteiger partial charge in [-0.15, -0.1) is 11.3 Å². The summed E-state index contributed by atoms with van der Waals surface area (Å²) in [5, 5.41) is 14.6. The molecule has 1 saturated heterocycles. The summed E-state index contributed by atoms with van der Waals surface area (Å²) in [5.41, 5.74) is 2.49. The van der Waals surface area contributed by atoms with Crippen LogP contribution in [0.1, 0.15) is 29.0 Å². The van der Waals surface area contributed by atoms with E-state index >= 15 is 0 Å². The van der Waals surface area contributed by atoms with Gasteiger partial charge < -0.3 is 19.3 Å². The van der Waals surface area contributed by atoms with Gasteiger partial charge in [0.25, 0.3) is 11.7 Å². The van der Waals surface area contributed by atoms with E-state index in [0.717, 1.165) is 21.3 Å². The number of carbonyl (C=O) groups excluding carboxylic acids is 2. The number of Topliss-reactive ketones (excluding diaryl/α,β-unsaturated/α-hetero) is 1. The maximum absolute atomic E-state index is 13.3. The third-order valence-electron chi connectivity index (χ3n) is 6.46. The predicted molar refractivity (Wildman–Crippen MR) is 143 cm³/mol. The minimum absolute atomic E-state index is 0.0379. The van der Waals surface area contributed by atoms with Crippen molar-refractivity contribution in [2.75, 3.05) is 13.2 Å². The quantitative estimate of drug-likeness (QED) is 0.185. The first kappa shape index (κ1) is 24.2. The first-order valence-electron chi connectivity index (χ1n) is 11.7. The topological polar surface area (TPSA) is 71.8 Å². The van der Waals surface area contributed by atoms with Gasteiger partial charge in [-0.1, -0.05) is 35.9 Å². The summed E-state index contributed by atoms with van der Waals surface area (Å²) in [6.07, 6.45) is 2.62. The fourth-order valence-electron chi connectivity index (χ4n) is 4.81. The van der Waals surface area contributed by atoms with Gasteiger partial charge in [0.15, 0.2) is 0 Å². The molecule has 0 spiro atoms. The van der Waals surface area contributed by atoms with E-state index in [-0.39, 0.29) is 21.9 Å². The van der Waals surface area contributed by atoms with Gasteiger partial charge in [0.1, 0.15) is 11.5 Å². The van der Waals surface area contributed by atoms with Crippen molar-refractivity contribution in [3.05, 3.63) is 92.8 Å². The number of amides is 1. The van der Waals surface area contributed by atoms with Gasteiger partial charge in [0.05, 0.1) is 23.2 Å². The molecule has 1 aliphatic rings. The number of para-hydroxylation sites is 1. The summed E-state index contributed by atoms with van der Waals surface area (Å²) in [7, 11) is 1.99. The molecule has 0 radical (unpaired) electrons. The zero-order valence-electron chi connectivity index (χ0n) is 19.9. The Morgan fingerprint density at radius 1 is 1.14 bits per heavy atom. The van der Waals surface area contributed by atoms with Crippen molar-refractivity contribution in [1.29, 1.82) is 0 Å². The molecule has 184 valence electrons. The van der Waals surface area contributed by atoms with Gasteiger partial charge in [-0.05, 0) is 54.6 Å². The van der Waals surface area contributed by atoms with Crippen molar-refractivity contribution < 1.29 is 19.4 Å². The second-order valence-electron chi connectivity index (χ2n) is 8.61. The van der Waals surface area contributed by atoms with Crippen LogP contribution in [0.5, 0.6) is 5.75 Å². The van der Waals surface area contributed by atoms with Crippen LogP contribution in [0.4, 0.5) is 0 Å². The van der Waals surface area contributed by atoms with Crippen LogP contribution in [-0.4, -0.2) is 39.4 Å². The maximum Gasteiger partial charge on any atom is 0.295 e. The normalized spacial score (nSPS) is 17.3. The average Bonchev–Trinajstić information content (AvgIpc) is 3.58. The Hall–Kier alpha value is -3.55. The number of halogens is 1. The lowest BCUT2D eigenvalue weighted by Gasteiger charge is -2.24. The van der Waals surface area contributed by atoms with E-state index in [2.05, 4.69) is 22.9 Å². The van der Waals surface area contributed by atoms with Gasteiger partial charge in [0.2, 0.25) is 0 Å². The number of ether oxygens (including phenoxy) is 1. The van der Waals surface area contributed by atoms with Gasteiger partial charge in [-0.25, -0.2) is 0 Å². The summed E-state index contributed by atoms with van der Waals surface area (Å²) >= 11 is 7.84. The van der Waals surface area contributed by atoms with Crippen LogP contribution >= 0.6 is 22.9 Å². The molecule has 1 fully saturated rings. The summed E-state index contributed by atoms with van der Waals surface area (Å²) in [4.78, 5) is 28.9. The molecule has 8 heteroatoms. The molecule has 1 atom stereocenters. The smallest absolute Gasteiger partial charge is 0.295 e. The molecule has 1 aliphatic heterocycles. The van der Waals surface area contributed by atoms with Crippen molar-refractivity contribution in [3.8, 4) is 5.75 Å². The first-order valence-corrected chi connectivity index (χ1v) is 12.9. The van der Waals surface area contributed by atoms with Gasteiger partial charge in [0, 0.05) is 41.1 Å². The van der Waals surface area contributed by atoms with E-state index < -0.39 is 17.7 Å². The van der Waals surface area contributed by atoms with E-state index in [1.165, 1.54) is 11.3 Å². The van der Waals surface area contributed by atoms with Gasteiger partial charge in [-0.2, -0.15) is 0 Å². The molecule has 5 rings (SSSR count). The summed E-state index contributed by atoms with van der Waals surface area (Å²) in [6.45, 7) is 2.62. The third kappa shape index (κ3) is 4.18. The SMILES string of the molecule is CCOc1ccc(Cl)c(/C(O)=C2/C(=O)C(=O)N(CCc3cn(C)c4ccccc34)C2c2cccs2)c1. The van der Waals surface area contributed by atoms with E-state index in [1.807, 2.05) is 43.6 Å². The zero-order chi connectivity index (χ0) is 25.4. The highest BCUT2D eigenvalue weighted by Gasteiger charge is 2.46. The Kier molecular flexibility index (Phi) is 6.60. The van der Waals surface area contributed by atoms with Crippen LogP contribution in [0.2, 0.25) is 5.02 Å². The highest BCUT2D eigenvalue weighted by Crippen LogP contribution is 2.42. The number of hydrogen-bond donors (Lipinski definition) is 1. The molecule has 4 aromatic rings. The molecule has 2 aromatic carbocycles. The number of aromatic nitrogens is 1. The zero-order valence-corrected chi connectivity index (χ0v) is 21.5. The molecule has 0 bridgehead atoms. The fraction of sp³-hybridized carbons (Fsp3) is 0.214. The lowest BCUT2D eigenvalue weighted by Crippen LogP contribution is -2.31. The summed E-state index contributed by atoms with van der Waals surface area (Å²) in [6, 6.07) is 16.0. The minimum Gasteiger partial charge on any atom is -0.507 e. The number of aryl methyl sites for hydroxylation is 1. The average molecular weight is 521 g/mol.